The molecule has 4 heteroatoms. The summed E-state index contributed by atoms with van der Waals surface area (Å²) in [6.45, 7) is 5.94. The van der Waals surface area contributed by atoms with Crippen LogP contribution in [0.2, 0.25) is 0 Å². The predicted molar refractivity (Wildman–Crippen MR) is 79.6 cm³/mol. The highest BCUT2D eigenvalue weighted by Gasteiger charge is 2.17. The zero-order chi connectivity index (χ0) is 14.2. The summed E-state index contributed by atoms with van der Waals surface area (Å²) >= 11 is 3.50. The van der Waals surface area contributed by atoms with Crippen LogP contribution in [0, 0.1) is 20.8 Å². The van der Waals surface area contributed by atoms with Crippen LogP contribution in [0.5, 0.6) is 0 Å². The molecule has 19 heavy (non-hydrogen) atoms. The fraction of sp³-hybridized carbons (Fsp3) is 0.333. The topological polar surface area (TPSA) is 34.9 Å². The normalized spacial score (nSPS) is 10.8. The molecule has 100 valence electrons. The third-order valence-corrected chi connectivity index (χ3v) is 4.53. The van der Waals surface area contributed by atoms with Gasteiger partial charge in [0, 0.05) is 12.6 Å². The Bertz CT molecular complexity index is 644. The number of aryl methyl sites for hydroxylation is 3. The van der Waals surface area contributed by atoms with Crippen molar-refractivity contribution in [3.05, 3.63) is 50.8 Å². The molecule has 2 rings (SSSR count). The van der Waals surface area contributed by atoms with E-state index in [2.05, 4.69) is 21.0 Å². The van der Waals surface area contributed by atoms with Gasteiger partial charge in [-0.15, -0.1) is 0 Å². The Morgan fingerprint density at radius 3 is 2.58 bits per heavy atom. The lowest BCUT2D eigenvalue weighted by atomic mass is 9.98. The molecule has 0 radical (unpaired) electrons. The summed E-state index contributed by atoms with van der Waals surface area (Å²) in [5.74, 6) is 0.130. The Morgan fingerprint density at radius 2 is 2.00 bits per heavy atom. The van der Waals surface area contributed by atoms with Gasteiger partial charge in [-0.05, 0) is 47.8 Å². The van der Waals surface area contributed by atoms with Crippen molar-refractivity contribution in [3.8, 4) is 0 Å². The fourth-order valence-electron chi connectivity index (χ4n) is 2.17. The summed E-state index contributed by atoms with van der Waals surface area (Å²) < 4.78 is 2.69. The predicted octanol–water partition coefficient (Wildman–Crippen LogP) is 3.53. The van der Waals surface area contributed by atoms with Crippen molar-refractivity contribution in [1.82, 2.24) is 9.78 Å². The van der Waals surface area contributed by atoms with Gasteiger partial charge in [0.1, 0.15) is 0 Å². The number of hydrogen-bond acceptors (Lipinski definition) is 2. The molecule has 2 aromatic rings. The quantitative estimate of drug-likeness (QED) is 0.811. The molecule has 0 saturated carbocycles. The standard InChI is InChI=1S/C15H17BrN2O/c1-9-6-5-7-12(10(9)2)14(19)8-13-15(16)11(3)17-18(13)4/h5-7H,8H2,1-4H3. The minimum absolute atomic E-state index is 0.130. The molecule has 0 fully saturated rings. The van der Waals surface area contributed by atoms with Crippen molar-refractivity contribution in [2.75, 3.05) is 0 Å². The molecule has 0 spiro atoms. The smallest absolute Gasteiger partial charge is 0.169 e. The fourth-order valence-corrected chi connectivity index (χ4v) is 2.65. The second-order valence-corrected chi connectivity index (χ2v) is 5.61. The molecule has 1 aromatic heterocycles. The molecule has 1 aromatic carbocycles. The number of nitrogens with zero attached hydrogens (tertiary/aromatic N) is 2. The number of carbonyl (C=O) groups excluding carboxylic acids is 1. The number of aromatic nitrogens is 2. The van der Waals surface area contributed by atoms with Gasteiger partial charge in [0.25, 0.3) is 0 Å². The van der Waals surface area contributed by atoms with Crippen LogP contribution in [-0.2, 0) is 13.5 Å². The van der Waals surface area contributed by atoms with Crippen LogP contribution in [0.15, 0.2) is 22.7 Å². The van der Waals surface area contributed by atoms with Crippen molar-refractivity contribution >= 4 is 21.7 Å². The maximum absolute atomic E-state index is 12.4. The first kappa shape index (κ1) is 14.0. The summed E-state index contributed by atoms with van der Waals surface area (Å²) in [6, 6.07) is 5.84. The van der Waals surface area contributed by atoms with E-state index < -0.39 is 0 Å². The highest BCUT2D eigenvalue weighted by molar-refractivity contribution is 9.10. The van der Waals surface area contributed by atoms with E-state index in [1.807, 2.05) is 46.0 Å². The molecule has 0 atom stereocenters. The maximum Gasteiger partial charge on any atom is 0.169 e. The van der Waals surface area contributed by atoms with Crippen molar-refractivity contribution in [2.24, 2.45) is 7.05 Å². The van der Waals surface area contributed by atoms with E-state index in [1.165, 1.54) is 0 Å². The van der Waals surface area contributed by atoms with Crippen LogP contribution in [0.3, 0.4) is 0 Å². The summed E-state index contributed by atoms with van der Waals surface area (Å²) in [4.78, 5) is 12.4. The Balaban J connectivity index is 2.34. The average molecular weight is 321 g/mol. The average Bonchev–Trinajstić information content (AvgIpc) is 2.59. The van der Waals surface area contributed by atoms with Crippen LogP contribution in [0.1, 0.15) is 32.9 Å². The lowest BCUT2D eigenvalue weighted by Crippen LogP contribution is -2.10. The van der Waals surface area contributed by atoms with E-state index in [1.54, 1.807) is 4.68 Å². The Hall–Kier alpha value is -1.42. The van der Waals surface area contributed by atoms with E-state index in [0.717, 1.165) is 32.6 Å². The summed E-state index contributed by atoms with van der Waals surface area (Å²) in [7, 11) is 1.86. The van der Waals surface area contributed by atoms with Crippen molar-refractivity contribution in [3.63, 3.8) is 0 Å². The first-order valence-electron chi connectivity index (χ1n) is 6.19. The number of benzene rings is 1. The third-order valence-electron chi connectivity index (χ3n) is 3.49. The first-order valence-corrected chi connectivity index (χ1v) is 6.98. The van der Waals surface area contributed by atoms with Crippen LogP contribution in [-0.4, -0.2) is 15.6 Å². The van der Waals surface area contributed by atoms with Crippen LogP contribution >= 0.6 is 15.9 Å². The van der Waals surface area contributed by atoms with Gasteiger partial charge in [-0.25, -0.2) is 0 Å². The molecule has 0 bridgehead atoms. The van der Waals surface area contributed by atoms with Gasteiger partial charge in [0.05, 0.1) is 22.3 Å². The minimum Gasteiger partial charge on any atom is -0.294 e. The number of halogens is 1. The van der Waals surface area contributed by atoms with Gasteiger partial charge >= 0.3 is 0 Å². The molecule has 0 N–H and O–H groups in total. The molecule has 0 unspecified atom stereocenters. The maximum atomic E-state index is 12.4. The number of hydrogen-bond donors (Lipinski definition) is 0. The second kappa shape index (κ2) is 5.29. The summed E-state index contributed by atoms with van der Waals surface area (Å²) in [6.07, 6.45) is 0.363. The zero-order valence-electron chi connectivity index (χ0n) is 11.6. The number of Topliss-reactive ketones (excluding diaryl/α,β-unsaturated/α-hetero) is 1. The van der Waals surface area contributed by atoms with Crippen LogP contribution < -0.4 is 0 Å². The lowest BCUT2D eigenvalue weighted by Gasteiger charge is -2.08. The van der Waals surface area contributed by atoms with E-state index >= 15 is 0 Å². The molecule has 1 heterocycles. The van der Waals surface area contributed by atoms with Gasteiger partial charge < -0.3 is 0 Å². The van der Waals surface area contributed by atoms with Crippen molar-refractivity contribution in [1.29, 1.82) is 0 Å². The monoisotopic (exact) mass is 320 g/mol. The van der Waals surface area contributed by atoms with Crippen LogP contribution in [0.25, 0.3) is 0 Å². The molecule has 0 aliphatic carbocycles. The van der Waals surface area contributed by atoms with Crippen molar-refractivity contribution in [2.45, 2.75) is 27.2 Å². The molecular weight excluding hydrogens is 304 g/mol. The van der Waals surface area contributed by atoms with Gasteiger partial charge in [0.2, 0.25) is 0 Å². The Labute approximate surface area is 121 Å². The first-order chi connectivity index (χ1) is 8.91. The van der Waals surface area contributed by atoms with Crippen molar-refractivity contribution < 1.29 is 4.79 Å². The van der Waals surface area contributed by atoms with E-state index in [-0.39, 0.29) is 5.78 Å². The minimum atomic E-state index is 0.130. The second-order valence-electron chi connectivity index (χ2n) is 4.82. The highest BCUT2D eigenvalue weighted by Crippen LogP contribution is 2.23. The molecular formula is C15H17BrN2O. The Morgan fingerprint density at radius 1 is 1.32 bits per heavy atom. The van der Waals surface area contributed by atoms with Gasteiger partial charge in [-0.3, -0.25) is 9.48 Å². The van der Waals surface area contributed by atoms with Crippen LogP contribution in [0.4, 0.5) is 0 Å². The molecule has 3 nitrogen and oxygen atoms in total. The van der Waals surface area contributed by atoms with E-state index in [0.29, 0.717) is 6.42 Å². The summed E-state index contributed by atoms with van der Waals surface area (Å²) in [5.41, 5.74) is 4.83. The third kappa shape index (κ3) is 2.63. The van der Waals surface area contributed by atoms with E-state index in [4.69, 9.17) is 0 Å². The zero-order valence-corrected chi connectivity index (χ0v) is 13.2. The number of rotatable bonds is 3. The van der Waals surface area contributed by atoms with Gasteiger partial charge in [-0.1, -0.05) is 18.2 Å². The largest absolute Gasteiger partial charge is 0.294 e. The number of carbonyl (C=O) groups is 1. The summed E-state index contributed by atoms with van der Waals surface area (Å²) in [5, 5.41) is 4.31. The van der Waals surface area contributed by atoms with Gasteiger partial charge in [0.15, 0.2) is 5.78 Å². The Kier molecular flexibility index (Phi) is 3.90. The molecule has 0 aliphatic rings. The number of ketones is 1. The lowest BCUT2D eigenvalue weighted by molar-refractivity contribution is 0.0990. The highest BCUT2D eigenvalue weighted by atomic mass is 79.9. The molecule has 0 saturated heterocycles. The molecule has 0 amide bonds. The van der Waals surface area contributed by atoms with E-state index in [9.17, 15) is 4.79 Å². The SMILES string of the molecule is Cc1cccc(C(=O)Cc2c(Br)c(C)nn2C)c1C. The van der Waals surface area contributed by atoms with Gasteiger partial charge in [-0.2, -0.15) is 5.10 Å². The molecule has 0 aliphatic heterocycles.